The van der Waals surface area contributed by atoms with Gasteiger partial charge in [0.05, 0.1) is 5.54 Å². The first-order chi connectivity index (χ1) is 9.63. The van der Waals surface area contributed by atoms with E-state index in [0.29, 0.717) is 24.3 Å². The molecule has 3 heteroatoms. The van der Waals surface area contributed by atoms with Crippen LogP contribution in [-0.4, -0.2) is 18.0 Å². The maximum Gasteiger partial charge on any atom is 0.224 e. The first kappa shape index (κ1) is 13.1. The fourth-order valence-corrected chi connectivity index (χ4v) is 6.03. The van der Waals surface area contributed by atoms with E-state index in [1.807, 2.05) is 0 Å². The summed E-state index contributed by atoms with van der Waals surface area (Å²) < 4.78 is 0. The Bertz CT molecular complexity index is 407. The second-order valence-corrected chi connectivity index (χ2v) is 8.19. The number of nitrogens with two attached hydrogens (primary N) is 1. The monoisotopic (exact) mass is 276 g/mol. The van der Waals surface area contributed by atoms with Crippen LogP contribution in [0.5, 0.6) is 0 Å². The highest BCUT2D eigenvalue weighted by Gasteiger charge is 2.67. The van der Waals surface area contributed by atoms with Gasteiger partial charge in [0.2, 0.25) is 5.91 Å². The third-order valence-corrected chi connectivity index (χ3v) is 6.91. The molecule has 20 heavy (non-hydrogen) atoms. The van der Waals surface area contributed by atoms with Crippen molar-refractivity contribution in [1.29, 1.82) is 0 Å². The summed E-state index contributed by atoms with van der Waals surface area (Å²) in [6, 6.07) is 0. The SMILES string of the molecule is CC1CCCC(CN)(NC(=O)C2C3C4CCC(C4)C23)C1. The molecular weight excluding hydrogens is 248 g/mol. The third kappa shape index (κ3) is 1.85. The quantitative estimate of drug-likeness (QED) is 0.831. The molecule has 3 nitrogen and oxygen atoms in total. The average molecular weight is 276 g/mol. The molecule has 4 saturated carbocycles. The Morgan fingerprint density at radius 2 is 1.95 bits per heavy atom. The highest BCUT2D eigenvalue weighted by molar-refractivity contribution is 5.83. The van der Waals surface area contributed by atoms with Crippen molar-refractivity contribution in [3.8, 4) is 0 Å². The van der Waals surface area contributed by atoms with Gasteiger partial charge in [-0.1, -0.05) is 19.8 Å². The Hall–Kier alpha value is -0.570. The topological polar surface area (TPSA) is 55.1 Å². The van der Waals surface area contributed by atoms with E-state index in [9.17, 15) is 4.79 Å². The number of fused-ring (bicyclic) bond motifs is 5. The fourth-order valence-electron chi connectivity index (χ4n) is 6.03. The van der Waals surface area contributed by atoms with Crippen molar-refractivity contribution in [1.82, 2.24) is 5.32 Å². The molecule has 4 rings (SSSR count). The molecule has 0 aliphatic heterocycles. The van der Waals surface area contributed by atoms with E-state index in [2.05, 4.69) is 12.2 Å². The number of hydrogen-bond acceptors (Lipinski definition) is 2. The van der Waals surface area contributed by atoms with Gasteiger partial charge in [-0.15, -0.1) is 0 Å². The minimum absolute atomic E-state index is 0.0926. The van der Waals surface area contributed by atoms with Crippen molar-refractivity contribution >= 4 is 5.91 Å². The Morgan fingerprint density at radius 3 is 2.55 bits per heavy atom. The van der Waals surface area contributed by atoms with Gasteiger partial charge >= 0.3 is 0 Å². The van der Waals surface area contributed by atoms with Crippen molar-refractivity contribution < 1.29 is 4.79 Å². The van der Waals surface area contributed by atoms with Gasteiger partial charge in [-0.3, -0.25) is 4.79 Å². The molecule has 0 heterocycles. The number of rotatable bonds is 3. The summed E-state index contributed by atoms with van der Waals surface area (Å²) in [7, 11) is 0. The van der Waals surface area contributed by atoms with Crippen LogP contribution in [0.25, 0.3) is 0 Å². The van der Waals surface area contributed by atoms with Gasteiger partial charge in [0.1, 0.15) is 0 Å². The Morgan fingerprint density at radius 1 is 1.25 bits per heavy atom. The fraction of sp³-hybridized carbons (Fsp3) is 0.941. The largest absolute Gasteiger partial charge is 0.349 e. The summed E-state index contributed by atoms with van der Waals surface area (Å²) in [6.07, 6.45) is 8.83. The average Bonchev–Trinajstić information content (AvgIpc) is 2.88. The Labute approximate surface area is 122 Å². The lowest BCUT2D eigenvalue weighted by molar-refractivity contribution is -0.125. The highest BCUT2D eigenvalue weighted by Crippen LogP contribution is 2.69. The number of hydrogen-bond donors (Lipinski definition) is 2. The standard InChI is InChI=1S/C17H28N2O/c1-10-3-2-6-17(8-10,9-18)19-16(20)15-13-11-4-5-12(7-11)14(13)15/h10-15H,2-9,18H2,1H3,(H,19,20). The molecule has 0 aromatic carbocycles. The highest BCUT2D eigenvalue weighted by atomic mass is 16.2. The molecule has 2 bridgehead atoms. The lowest BCUT2D eigenvalue weighted by Gasteiger charge is -2.40. The zero-order valence-corrected chi connectivity index (χ0v) is 12.6. The first-order valence-electron chi connectivity index (χ1n) is 8.66. The van der Waals surface area contributed by atoms with E-state index in [4.69, 9.17) is 5.73 Å². The van der Waals surface area contributed by atoms with Gasteiger partial charge in [-0.2, -0.15) is 0 Å². The van der Waals surface area contributed by atoms with E-state index < -0.39 is 0 Å². The molecule has 112 valence electrons. The predicted octanol–water partition coefficient (Wildman–Crippen LogP) is 2.30. The van der Waals surface area contributed by atoms with Crippen molar-refractivity contribution in [3.05, 3.63) is 0 Å². The van der Waals surface area contributed by atoms with Crippen LogP contribution in [-0.2, 0) is 4.79 Å². The van der Waals surface area contributed by atoms with Crippen LogP contribution in [0.15, 0.2) is 0 Å². The molecular formula is C17H28N2O. The van der Waals surface area contributed by atoms with E-state index in [1.165, 1.54) is 32.1 Å². The van der Waals surface area contributed by atoms with E-state index >= 15 is 0 Å². The van der Waals surface area contributed by atoms with Crippen molar-refractivity contribution in [2.24, 2.45) is 41.2 Å². The Balaban J connectivity index is 1.42. The maximum absolute atomic E-state index is 12.7. The van der Waals surface area contributed by atoms with Crippen LogP contribution in [0.2, 0.25) is 0 Å². The molecule has 6 atom stereocenters. The van der Waals surface area contributed by atoms with Crippen LogP contribution in [0, 0.1) is 35.5 Å². The molecule has 4 aliphatic rings. The van der Waals surface area contributed by atoms with Crippen LogP contribution < -0.4 is 11.1 Å². The molecule has 4 aliphatic carbocycles. The second-order valence-electron chi connectivity index (χ2n) is 8.19. The summed E-state index contributed by atoms with van der Waals surface area (Å²) in [4.78, 5) is 12.7. The number of carbonyl (C=O) groups is 1. The van der Waals surface area contributed by atoms with Crippen LogP contribution in [0.3, 0.4) is 0 Å². The Kier molecular flexibility index (Phi) is 2.93. The molecule has 6 unspecified atom stereocenters. The molecule has 4 fully saturated rings. The normalized spacial score (nSPS) is 52.7. The van der Waals surface area contributed by atoms with Crippen molar-refractivity contribution in [2.75, 3.05) is 6.54 Å². The van der Waals surface area contributed by atoms with Crippen molar-refractivity contribution in [2.45, 2.75) is 57.4 Å². The zero-order valence-electron chi connectivity index (χ0n) is 12.6. The van der Waals surface area contributed by atoms with Gasteiger partial charge in [-0.25, -0.2) is 0 Å². The van der Waals surface area contributed by atoms with Gasteiger partial charge in [0.25, 0.3) is 0 Å². The van der Waals surface area contributed by atoms with E-state index in [0.717, 1.165) is 36.5 Å². The predicted molar refractivity (Wildman–Crippen MR) is 78.9 cm³/mol. The molecule has 0 spiro atoms. The number of carbonyl (C=O) groups excluding carboxylic acids is 1. The van der Waals surface area contributed by atoms with Crippen LogP contribution in [0.4, 0.5) is 0 Å². The molecule has 0 saturated heterocycles. The third-order valence-electron chi connectivity index (χ3n) is 6.91. The summed E-state index contributed by atoms with van der Waals surface area (Å²) in [6.45, 7) is 2.90. The summed E-state index contributed by atoms with van der Waals surface area (Å²) in [5.41, 5.74) is 5.94. The zero-order chi connectivity index (χ0) is 13.9. The number of nitrogens with one attached hydrogen (secondary N) is 1. The maximum atomic E-state index is 12.7. The number of amides is 1. The molecule has 0 aromatic heterocycles. The van der Waals surface area contributed by atoms with E-state index in [-0.39, 0.29) is 5.54 Å². The minimum atomic E-state index is -0.0926. The van der Waals surface area contributed by atoms with Gasteiger partial charge in [0.15, 0.2) is 0 Å². The molecule has 3 N–H and O–H groups in total. The van der Waals surface area contributed by atoms with Gasteiger partial charge in [0, 0.05) is 12.5 Å². The van der Waals surface area contributed by atoms with Crippen molar-refractivity contribution in [3.63, 3.8) is 0 Å². The smallest absolute Gasteiger partial charge is 0.224 e. The van der Waals surface area contributed by atoms with Gasteiger partial charge < -0.3 is 11.1 Å². The molecule has 0 aromatic rings. The summed E-state index contributed by atoms with van der Waals surface area (Å²) in [5.74, 6) is 4.62. The second kappa shape index (κ2) is 4.46. The van der Waals surface area contributed by atoms with Crippen LogP contribution in [0.1, 0.15) is 51.9 Å². The van der Waals surface area contributed by atoms with E-state index in [1.54, 1.807) is 0 Å². The molecule has 1 amide bonds. The summed E-state index contributed by atoms with van der Waals surface area (Å²) in [5, 5.41) is 3.41. The minimum Gasteiger partial charge on any atom is -0.349 e. The summed E-state index contributed by atoms with van der Waals surface area (Å²) >= 11 is 0. The van der Waals surface area contributed by atoms with Crippen LogP contribution >= 0.6 is 0 Å². The van der Waals surface area contributed by atoms with Gasteiger partial charge in [-0.05, 0) is 61.7 Å². The lowest BCUT2D eigenvalue weighted by atomic mass is 9.76. The first-order valence-corrected chi connectivity index (χ1v) is 8.66. The lowest BCUT2D eigenvalue weighted by Crippen LogP contribution is -2.56. The molecule has 0 radical (unpaired) electrons.